The van der Waals surface area contributed by atoms with Gasteiger partial charge < -0.3 is 5.32 Å². The maximum atomic E-state index is 14.4. The number of nitrogens with zero attached hydrogens (tertiary/aromatic N) is 1. The molecule has 1 fully saturated rings. The zero-order valence-electron chi connectivity index (χ0n) is 13.1. The molecule has 0 aliphatic carbocycles. The fourth-order valence-electron chi connectivity index (χ4n) is 2.83. The van der Waals surface area contributed by atoms with Crippen molar-refractivity contribution in [1.82, 2.24) is 10.2 Å². The summed E-state index contributed by atoms with van der Waals surface area (Å²) in [6.45, 7) is 6.54. The minimum Gasteiger partial charge on any atom is -0.314 e. The van der Waals surface area contributed by atoms with Gasteiger partial charge in [0.25, 0.3) is 0 Å². The van der Waals surface area contributed by atoms with E-state index in [1.807, 2.05) is 4.90 Å². The molecule has 8 heteroatoms. The Morgan fingerprint density at radius 3 is 2.38 bits per heavy atom. The zero-order valence-corrected chi connectivity index (χ0v) is 14.7. The third kappa shape index (κ3) is 5.62. The molecule has 24 heavy (non-hydrogen) atoms. The Kier molecular flexibility index (Phi) is 9.88. The molecular weight excluding hydrogens is 367 g/mol. The van der Waals surface area contributed by atoms with Gasteiger partial charge in [-0.3, -0.25) is 4.90 Å². The van der Waals surface area contributed by atoms with Crippen molar-refractivity contribution in [1.29, 1.82) is 0 Å². The van der Waals surface area contributed by atoms with Crippen LogP contribution < -0.4 is 5.32 Å². The highest BCUT2D eigenvalue weighted by atomic mass is 35.5. The molecule has 1 aromatic rings. The van der Waals surface area contributed by atoms with Gasteiger partial charge in [-0.2, -0.15) is 13.2 Å². The van der Waals surface area contributed by atoms with E-state index < -0.39 is 17.6 Å². The van der Waals surface area contributed by atoms with E-state index >= 15 is 0 Å². The first-order valence-corrected chi connectivity index (χ1v) is 7.36. The number of allylic oxidation sites excluding steroid dienone is 1. The van der Waals surface area contributed by atoms with E-state index in [0.29, 0.717) is 25.9 Å². The Morgan fingerprint density at radius 2 is 1.83 bits per heavy atom. The fourth-order valence-corrected chi connectivity index (χ4v) is 2.83. The normalized spacial score (nSPS) is 16.7. The molecule has 1 aliphatic heterocycles. The van der Waals surface area contributed by atoms with Crippen molar-refractivity contribution in [3.05, 3.63) is 47.8 Å². The van der Waals surface area contributed by atoms with Crippen molar-refractivity contribution in [2.24, 2.45) is 0 Å². The zero-order chi connectivity index (χ0) is 16.2. The number of halogens is 6. The van der Waals surface area contributed by atoms with E-state index in [4.69, 9.17) is 0 Å². The van der Waals surface area contributed by atoms with Crippen LogP contribution in [0.4, 0.5) is 17.6 Å². The van der Waals surface area contributed by atoms with Crippen LogP contribution in [0.15, 0.2) is 30.9 Å². The second-order valence-corrected chi connectivity index (χ2v) is 5.37. The minimum absolute atomic E-state index is 0. The van der Waals surface area contributed by atoms with Crippen molar-refractivity contribution in [3.8, 4) is 0 Å². The average molecular weight is 389 g/mol. The molecule has 0 amide bonds. The lowest BCUT2D eigenvalue weighted by molar-refractivity contribution is -0.140. The van der Waals surface area contributed by atoms with Crippen LogP contribution in [0.1, 0.15) is 30.0 Å². The number of nitrogens with one attached hydrogen (secondary N) is 1. The Bertz CT molecular complexity index is 517. The summed E-state index contributed by atoms with van der Waals surface area (Å²) in [5.41, 5.74) is -1.07. The second kappa shape index (κ2) is 10.2. The van der Waals surface area contributed by atoms with Gasteiger partial charge in [-0.25, -0.2) is 4.39 Å². The summed E-state index contributed by atoms with van der Waals surface area (Å²) in [6.07, 6.45) is -1.78. The number of benzene rings is 1. The van der Waals surface area contributed by atoms with Crippen LogP contribution in [0.25, 0.3) is 0 Å². The molecule has 1 atom stereocenters. The smallest absolute Gasteiger partial charge is 0.314 e. The lowest BCUT2D eigenvalue weighted by atomic mass is 9.96. The monoisotopic (exact) mass is 388 g/mol. The topological polar surface area (TPSA) is 15.3 Å². The van der Waals surface area contributed by atoms with Crippen molar-refractivity contribution >= 4 is 24.8 Å². The van der Waals surface area contributed by atoms with Crippen molar-refractivity contribution in [2.75, 3.05) is 26.2 Å². The molecule has 1 heterocycles. The summed E-state index contributed by atoms with van der Waals surface area (Å²) in [6, 6.07) is 3.17. The largest absolute Gasteiger partial charge is 0.419 e. The summed E-state index contributed by atoms with van der Waals surface area (Å²) in [5.74, 6) is -1.15. The first-order chi connectivity index (χ1) is 10.4. The maximum Gasteiger partial charge on any atom is 0.419 e. The standard InChI is InChI=1S/C16H20F4N2.2ClH/c1-2-3-7-14(22-10-8-21-9-11-22)12-5-4-6-13(15(12)17)16(18,19)20;;/h2,4-6,14,21H,1,3,7-11H2;2*1H/t14-;;/m0../s1. The molecule has 1 aliphatic rings. The maximum absolute atomic E-state index is 14.4. The molecule has 1 N–H and O–H groups in total. The highest BCUT2D eigenvalue weighted by molar-refractivity contribution is 5.85. The molecule has 2 rings (SSSR count). The third-order valence-corrected chi connectivity index (χ3v) is 3.93. The van der Waals surface area contributed by atoms with Gasteiger partial charge in [-0.1, -0.05) is 18.2 Å². The Balaban J connectivity index is 0.00000264. The molecule has 0 aromatic heterocycles. The molecule has 0 unspecified atom stereocenters. The molecular formula is C16H22Cl2F4N2. The van der Waals surface area contributed by atoms with E-state index in [1.165, 1.54) is 12.1 Å². The fraction of sp³-hybridized carbons (Fsp3) is 0.500. The van der Waals surface area contributed by atoms with Crippen LogP contribution in [0.5, 0.6) is 0 Å². The number of piperazine rings is 1. The van der Waals surface area contributed by atoms with Crippen molar-refractivity contribution in [3.63, 3.8) is 0 Å². The van der Waals surface area contributed by atoms with Gasteiger partial charge in [0.2, 0.25) is 0 Å². The average Bonchev–Trinajstić information content (AvgIpc) is 2.49. The summed E-state index contributed by atoms with van der Waals surface area (Å²) in [5, 5.41) is 3.19. The molecule has 0 saturated carbocycles. The van der Waals surface area contributed by atoms with E-state index in [9.17, 15) is 17.6 Å². The minimum atomic E-state index is -4.67. The van der Waals surface area contributed by atoms with E-state index in [2.05, 4.69) is 11.9 Å². The van der Waals surface area contributed by atoms with Gasteiger partial charge in [-0.05, 0) is 18.9 Å². The summed E-state index contributed by atoms with van der Waals surface area (Å²) in [4.78, 5) is 2.04. The Morgan fingerprint density at radius 1 is 1.21 bits per heavy atom. The SMILES string of the molecule is C=CCC[C@@H](c1cccc(C(F)(F)F)c1F)N1CCNCC1.Cl.Cl. The van der Waals surface area contributed by atoms with E-state index in [0.717, 1.165) is 19.2 Å². The summed E-state index contributed by atoms with van der Waals surface area (Å²) < 4.78 is 53.1. The van der Waals surface area contributed by atoms with Gasteiger partial charge in [-0.15, -0.1) is 31.4 Å². The first-order valence-electron chi connectivity index (χ1n) is 7.36. The van der Waals surface area contributed by atoms with Crippen LogP contribution >= 0.6 is 24.8 Å². The summed E-state index contributed by atoms with van der Waals surface area (Å²) >= 11 is 0. The highest BCUT2D eigenvalue weighted by Crippen LogP contribution is 2.36. The van der Waals surface area contributed by atoms with E-state index in [1.54, 1.807) is 6.08 Å². The van der Waals surface area contributed by atoms with Gasteiger partial charge in [0.15, 0.2) is 0 Å². The predicted octanol–water partition coefficient (Wildman–Crippen LogP) is 4.60. The molecule has 0 radical (unpaired) electrons. The van der Waals surface area contributed by atoms with Crippen molar-refractivity contribution in [2.45, 2.75) is 25.1 Å². The lowest BCUT2D eigenvalue weighted by Crippen LogP contribution is -2.45. The Hall–Kier alpha value is -0.820. The molecule has 0 spiro atoms. The lowest BCUT2D eigenvalue weighted by Gasteiger charge is -2.35. The van der Waals surface area contributed by atoms with Crippen LogP contribution in [-0.2, 0) is 6.18 Å². The van der Waals surface area contributed by atoms with Crippen LogP contribution in [0.2, 0.25) is 0 Å². The molecule has 138 valence electrons. The van der Waals surface area contributed by atoms with Gasteiger partial charge in [0.1, 0.15) is 5.82 Å². The second-order valence-electron chi connectivity index (χ2n) is 5.37. The molecule has 0 bridgehead atoms. The number of hydrogen-bond donors (Lipinski definition) is 1. The Labute approximate surface area is 152 Å². The van der Waals surface area contributed by atoms with Crippen molar-refractivity contribution < 1.29 is 17.6 Å². The van der Waals surface area contributed by atoms with Crippen LogP contribution in [-0.4, -0.2) is 31.1 Å². The van der Waals surface area contributed by atoms with Gasteiger partial charge in [0, 0.05) is 37.8 Å². The third-order valence-electron chi connectivity index (χ3n) is 3.93. The molecule has 1 aromatic carbocycles. The van der Waals surface area contributed by atoms with Gasteiger partial charge >= 0.3 is 6.18 Å². The quantitative estimate of drug-likeness (QED) is 0.585. The highest BCUT2D eigenvalue weighted by Gasteiger charge is 2.36. The first kappa shape index (κ1) is 23.2. The predicted molar refractivity (Wildman–Crippen MR) is 92.5 cm³/mol. The number of hydrogen-bond acceptors (Lipinski definition) is 2. The molecule has 1 saturated heterocycles. The molecule has 2 nitrogen and oxygen atoms in total. The van der Waals surface area contributed by atoms with Crippen LogP contribution in [0.3, 0.4) is 0 Å². The summed E-state index contributed by atoms with van der Waals surface area (Å²) in [7, 11) is 0. The van der Waals surface area contributed by atoms with Gasteiger partial charge in [0.05, 0.1) is 5.56 Å². The number of alkyl halides is 3. The number of rotatable bonds is 5. The van der Waals surface area contributed by atoms with E-state index in [-0.39, 0.29) is 36.4 Å². The van der Waals surface area contributed by atoms with Crippen LogP contribution in [0, 0.1) is 5.82 Å².